The highest BCUT2D eigenvalue weighted by Gasteiger charge is 2.30. The van der Waals surface area contributed by atoms with Crippen molar-refractivity contribution in [1.29, 1.82) is 0 Å². The minimum absolute atomic E-state index is 0.224. The summed E-state index contributed by atoms with van der Waals surface area (Å²) in [5.74, 6) is -12.4. The van der Waals surface area contributed by atoms with E-state index in [0.29, 0.717) is 15.6 Å². The van der Waals surface area contributed by atoms with Gasteiger partial charge in [0.2, 0.25) is 5.82 Å². The van der Waals surface area contributed by atoms with Gasteiger partial charge in [-0.05, 0) is 37.1 Å². The monoisotopic (exact) mass is 393 g/mol. The van der Waals surface area contributed by atoms with E-state index in [0.717, 1.165) is 0 Å². The molecule has 0 aliphatic heterocycles. The second-order valence-corrected chi connectivity index (χ2v) is 5.73. The topological polar surface area (TPSA) is 29.1 Å². The molecule has 0 radical (unpaired) electrons. The SMILES string of the molecule is Cc1cc(Br)cc(C)c1NC(=O)c1c(F)c(F)c(F)c(F)c1F. The van der Waals surface area contributed by atoms with Crippen molar-refractivity contribution in [3.8, 4) is 0 Å². The maximum Gasteiger partial charge on any atom is 0.261 e. The van der Waals surface area contributed by atoms with Gasteiger partial charge >= 0.3 is 0 Å². The molecule has 2 aromatic rings. The Morgan fingerprint density at radius 1 is 0.870 bits per heavy atom. The van der Waals surface area contributed by atoms with Crippen molar-refractivity contribution < 1.29 is 26.7 Å². The van der Waals surface area contributed by atoms with Crippen LogP contribution in [0.5, 0.6) is 0 Å². The molecule has 2 nitrogen and oxygen atoms in total. The number of benzene rings is 2. The smallest absolute Gasteiger partial charge is 0.261 e. The third kappa shape index (κ3) is 3.08. The minimum atomic E-state index is -2.31. The van der Waals surface area contributed by atoms with Crippen LogP contribution in [0, 0.1) is 42.9 Å². The number of hydrogen-bond donors (Lipinski definition) is 1. The molecule has 0 saturated heterocycles. The van der Waals surface area contributed by atoms with Crippen LogP contribution in [0.2, 0.25) is 0 Å². The van der Waals surface area contributed by atoms with Crippen molar-refractivity contribution in [2.24, 2.45) is 0 Å². The summed E-state index contributed by atoms with van der Waals surface area (Å²) in [4.78, 5) is 12.0. The van der Waals surface area contributed by atoms with Crippen LogP contribution >= 0.6 is 15.9 Å². The second-order valence-electron chi connectivity index (χ2n) is 4.81. The summed E-state index contributed by atoms with van der Waals surface area (Å²) in [5.41, 5.74) is -0.201. The zero-order valence-corrected chi connectivity index (χ0v) is 13.4. The zero-order chi connectivity index (χ0) is 17.5. The van der Waals surface area contributed by atoms with E-state index < -0.39 is 40.6 Å². The fraction of sp³-hybridized carbons (Fsp3) is 0.133. The van der Waals surface area contributed by atoms with Gasteiger partial charge < -0.3 is 5.32 Å². The fourth-order valence-corrected chi connectivity index (χ4v) is 2.77. The van der Waals surface area contributed by atoms with Gasteiger partial charge in [-0.1, -0.05) is 15.9 Å². The van der Waals surface area contributed by atoms with Crippen LogP contribution in [0.4, 0.5) is 27.6 Å². The highest BCUT2D eigenvalue weighted by molar-refractivity contribution is 9.10. The Morgan fingerprint density at radius 2 is 1.26 bits per heavy atom. The number of carbonyl (C=O) groups is 1. The Bertz CT molecular complexity index is 770. The number of amides is 1. The molecular weight excluding hydrogens is 385 g/mol. The number of carbonyl (C=O) groups excluding carboxylic acids is 1. The summed E-state index contributed by atoms with van der Waals surface area (Å²) >= 11 is 3.23. The van der Waals surface area contributed by atoms with E-state index in [1.165, 1.54) is 0 Å². The van der Waals surface area contributed by atoms with Gasteiger partial charge in [0.05, 0.1) is 0 Å². The predicted octanol–water partition coefficient (Wildman–Crippen LogP) is 5.01. The zero-order valence-electron chi connectivity index (χ0n) is 11.8. The molecule has 0 atom stereocenters. The Morgan fingerprint density at radius 3 is 1.70 bits per heavy atom. The molecule has 0 unspecified atom stereocenters. The van der Waals surface area contributed by atoms with Crippen molar-refractivity contribution >= 4 is 27.5 Å². The molecule has 2 rings (SSSR count). The molecule has 8 heteroatoms. The van der Waals surface area contributed by atoms with Crippen molar-refractivity contribution in [2.75, 3.05) is 5.32 Å². The van der Waals surface area contributed by atoms with Gasteiger partial charge in [0.25, 0.3) is 5.91 Å². The molecule has 0 saturated carbocycles. The van der Waals surface area contributed by atoms with Crippen LogP contribution in [0.15, 0.2) is 16.6 Å². The molecule has 2 aromatic carbocycles. The Balaban J connectivity index is 2.52. The molecule has 0 fully saturated rings. The fourth-order valence-electron chi connectivity index (χ4n) is 2.09. The summed E-state index contributed by atoms with van der Waals surface area (Å²) < 4.78 is 67.3. The lowest BCUT2D eigenvalue weighted by molar-refractivity contribution is 0.101. The van der Waals surface area contributed by atoms with E-state index >= 15 is 0 Å². The van der Waals surface area contributed by atoms with E-state index in [-0.39, 0.29) is 5.69 Å². The lowest BCUT2D eigenvalue weighted by Gasteiger charge is -2.13. The summed E-state index contributed by atoms with van der Waals surface area (Å²) in [7, 11) is 0. The molecule has 0 spiro atoms. The maximum absolute atomic E-state index is 13.6. The van der Waals surface area contributed by atoms with Crippen LogP contribution in [-0.2, 0) is 0 Å². The first-order valence-electron chi connectivity index (χ1n) is 6.24. The molecule has 0 bridgehead atoms. The minimum Gasteiger partial charge on any atom is -0.321 e. The van der Waals surface area contributed by atoms with E-state index in [1.54, 1.807) is 26.0 Å². The van der Waals surface area contributed by atoms with Crippen LogP contribution < -0.4 is 5.32 Å². The van der Waals surface area contributed by atoms with E-state index in [1.807, 2.05) is 0 Å². The highest BCUT2D eigenvalue weighted by atomic mass is 79.9. The maximum atomic E-state index is 13.6. The number of halogens is 6. The molecule has 1 amide bonds. The summed E-state index contributed by atoms with van der Waals surface area (Å²) in [5, 5.41) is 2.18. The first-order valence-corrected chi connectivity index (χ1v) is 7.04. The molecule has 0 aliphatic rings. The van der Waals surface area contributed by atoms with Crippen LogP contribution in [-0.4, -0.2) is 5.91 Å². The molecular formula is C15H9BrF5NO. The molecule has 122 valence electrons. The largest absolute Gasteiger partial charge is 0.321 e. The van der Waals surface area contributed by atoms with Gasteiger partial charge in [0, 0.05) is 10.2 Å². The molecule has 0 aromatic heterocycles. The van der Waals surface area contributed by atoms with Gasteiger partial charge in [-0.2, -0.15) is 0 Å². The molecule has 23 heavy (non-hydrogen) atoms. The predicted molar refractivity (Wildman–Crippen MR) is 77.8 cm³/mol. The third-order valence-corrected chi connectivity index (χ3v) is 3.63. The summed E-state index contributed by atoms with van der Waals surface area (Å²) in [6, 6.07) is 3.25. The van der Waals surface area contributed by atoms with E-state index in [4.69, 9.17) is 0 Å². The van der Waals surface area contributed by atoms with E-state index in [2.05, 4.69) is 21.2 Å². The Labute approximate surface area is 136 Å². The second kappa shape index (κ2) is 6.27. The van der Waals surface area contributed by atoms with E-state index in [9.17, 15) is 26.7 Å². The number of aryl methyl sites for hydroxylation is 2. The number of rotatable bonds is 2. The van der Waals surface area contributed by atoms with Crippen molar-refractivity contribution in [3.63, 3.8) is 0 Å². The number of nitrogens with one attached hydrogen (secondary N) is 1. The average molecular weight is 394 g/mol. The van der Waals surface area contributed by atoms with Crippen molar-refractivity contribution in [2.45, 2.75) is 13.8 Å². The van der Waals surface area contributed by atoms with Crippen LogP contribution in [0.3, 0.4) is 0 Å². The van der Waals surface area contributed by atoms with Crippen LogP contribution in [0.25, 0.3) is 0 Å². The average Bonchev–Trinajstić information content (AvgIpc) is 2.47. The highest BCUT2D eigenvalue weighted by Crippen LogP contribution is 2.28. The Kier molecular flexibility index (Phi) is 4.74. The lowest BCUT2D eigenvalue weighted by Crippen LogP contribution is -2.20. The Hall–Kier alpha value is -1.96. The quantitative estimate of drug-likeness (QED) is 0.433. The first kappa shape index (κ1) is 17.4. The normalized spacial score (nSPS) is 10.8. The van der Waals surface area contributed by atoms with Gasteiger partial charge in [-0.15, -0.1) is 0 Å². The van der Waals surface area contributed by atoms with Gasteiger partial charge in [0.1, 0.15) is 5.56 Å². The van der Waals surface area contributed by atoms with Gasteiger partial charge in [0.15, 0.2) is 23.3 Å². The number of anilines is 1. The third-order valence-electron chi connectivity index (χ3n) is 3.17. The van der Waals surface area contributed by atoms with Gasteiger partial charge in [-0.25, -0.2) is 22.0 Å². The standard InChI is InChI=1S/C15H9BrF5NO/c1-5-3-7(16)4-6(2)14(5)22-15(23)8-9(17)11(19)13(21)12(20)10(8)18/h3-4H,1-2H3,(H,22,23). The number of hydrogen-bond acceptors (Lipinski definition) is 1. The summed E-state index contributed by atoms with van der Waals surface area (Å²) in [6.45, 7) is 3.23. The lowest BCUT2D eigenvalue weighted by atomic mass is 10.1. The van der Waals surface area contributed by atoms with Gasteiger partial charge in [-0.3, -0.25) is 4.79 Å². The first-order chi connectivity index (χ1) is 10.6. The molecule has 0 heterocycles. The van der Waals surface area contributed by atoms with Crippen molar-refractivity contribution in [3.05, 3.63) is 62.4 Å². The molecule has 1 N–H and O–H groups in total. The summed E-state index contributed by atoms with van der Waals surface area (Å²) in [6.07, 6.45) is 0. The molecule has 0 aliphatic carbocycles. The van der Waals surface area contributed by atoms with Crippen LogP contribution in [0.1, 0.15) is 21.5 Å². The van der Waals surface area contributed by atoms with Crippen molar-refractivity contribution in [1.82, 2.24) is 0 Å².